The van der Waals surface area contributed by atoms with Crippen LogP contribution in [0.3, 0.4) is 0 Å². The molecule has 2 rings (SSSR count). The van der Waals surface area contributed by atoms with Crippen molar-refractivity contribution in [2.75, 3.05) is 13.2 Å². The molecule has 4 N–H and O–H groups in total. The average Bonchev–Trinajstić information content (AvgIpc) is 3.09. The zero-order chi connectivity index (χ0) is 17.2. The third-order valence-electron chi connectivity index (χ3n) is 3.05. The molecular formula is C17H23IN4O2S. The van der Waals surface area contributed by atoms with Crippen LogP contribution < -0.4 is 21.1 Å². The zero-order valence-electron chi connectivity index (χ0n) is 14.0. The van der Waals surface area contributed by atoms with Gasteiger partial charge in [-0.2, -0.15) is 0 Å². The van der Waals surface area contributed by atoms with Crippen LogP contribution in [0.4, 0.5) is 0 Å². The Labute approximate surface area is 168 Å². The van der Waals surface area contributed by atoms with E-state index in [-0.39, 0.29) is 30.6 Å². The highest BCUT2D eigenvalue weighted by atomic mass is 127. The molecule has 0 bridgehead atoms. The number of primary amides is 1. The number of benzene rings is 1. The quantitative estimate of drug-likeness (QED) is 0.312. The topological polar surface area (TPSA) is 88.7 Å². The molecule has 25 heavy (non-hydrogen) atoms. The first-order valence-corrected chi connectivity index (χ1v) is 8.60. The van der Waals surface area contributed by atoms with Crippen molar-refractivity contribution in [1.29, 1.82) is 0 Å². The summed E-state index contributed by atoms with van der Waals surface area (Å²) in [6.45, 7) is 3.94. The molecule has 0 spiro atoms. The van der Waals surface area contributed by atoms with E-state index in [1.54, 1.807) is 17.4 Å². The minimum Gasteiger partial charge on any atom is -0.484 e. The number of carbonyl (C=O) groups is 1. The Kier molecular flexibility index (Phi) is 9.93. The van der Waals surface area contributed by atoms with E-state index in [1.165, 1.54) is 4.88 Å². The molecule has 0 saturated heterocycles. The predicted octanol–water partition coefficient (Wildman–Crippen LogP) is 2.49. The molecule has 1 amide bonds. The summed E-state index contributed by atoms with van der Waals surface area (Å²) in [7, 11) is 0. The maximum atomic E-state index is 10.8. The minimum atomic E-state index is -0.495. The maximum absolute atomic E-state index is 10.8. The standard InChI is InChI=1S/C17H22N4O2S.HI/c1-2-19-17(21-11-15-7-4-8-24-15)20-10-13-5-3-6-14(9-13)23-12-16(18)22;/h3-9H,2,10-12H2,1H3,(H2,18,22)(H2,19,20,21);1H. The highest BCUT2D eigenvalue weighted by Gasteiger charge is 2.01. The van der Waals surface area contributed by atoms with Crippen molar-refractivity contribution < 1.29 is 9.53 Å². The summed E-state index contributed by atoms with van der Waals surface area (Å²) >= 11 is 1.71. The van der Waals surface area contributed by atoms with E-state index in [0.29, 0.717) is 12.3 Å². The summed E-state index contributed by atoms with van der Waals surface area (Å²) in [6.07, 6.45) is 0. The lowest BCUT2D eigenvalue weighted by molar-refractivity contribution is -0.119. The number of thiophene rings is 1. The van der Waals surface area contributed by atoms with Gasteiger partial charge in [-0.05, 0) is 36.1 Å². The molecule has 0 aliphatic carbocycles. The molecule has 136 valence electrons. The lowest BCUT2D eigenvalue weighted by atomic mass is 10.2. The van der Waals surface area contributed by atoms with Gasteiger partial charge in [-0.1, -0.05) is 18.2 Å². The number of aliphatic imine (C=N–C) groups is 1. The monoisotopic (exact) mass is 474 g/mol. The van der Waals surface area contributed by atoms with Crippen LogP contribution >= 0.6 is 35.3 Å². The van der Waals surface area contributed by atoms with Crippen molar-refractivity contribution in [3.05, 3.63) is 52.2 Å². The molecule has 0 radical (unpaired) electrons. The van der Waals surface area contributed by atoms with Gasteiger partial charge in [-0.25, -0.2) is 4.99 Å². The van der Waals surface area contributed by atoms with E-state index in [9.17, 15) is 4.79 Å². The van der Waals surface area contributed by atoms with E-state index >= 15 is 0 Å². The molecule has 0 unspecified atom stereocenters. The van der Waals surface area contributed by atoms with Gasteiger partial charge in [0.25, 0.3) is 5.91 Å². The van der Waals surface area contributed by atoms with Crippen molar-refractivity contribution in [3.8, 4) is 5.75 Å². The van der Waals surface area contributed by atoms with Crippen molar-refractivity contribution in [1.82, 2.24) is 10.6 Å². The summed E-state index contributed by atoms with van der Waals surface area (Å²) in [5.41, 5.74) is 6.07. The van der Waals surface area contributed by atoms with Crippen LogP contribution in [0.1, 0.15) is 17.4 Å². The number of hydrogen-bond donors (Lipinski definition) is 3. The first kappa shape index (κ1) is 21.2. The first-order chi connectivity index (χ1) is 11.7. The predicted molar refractivity (Wildman–Crippen MR) is 113 cm³/mol. The van der Waals surface area contributed by atoms with Crippen LogP contribution in [-0.2, 0) is 17.9 Å². The number of ether oxygens (including phenoxy) is 1. The second-order valence-corrected chi connectivity index (χ2v) is 6.06. The number of nitrogens with two attached hydrogens (primary N) is 1. The Morgan fingerprint density at radius 2 is 2.12 bits per heavy atom. The number of guanidine groups is 1. The van der Waals surface area contributed by atoms with Crippen LogP contribution in [-0.4, -0.2) is 25.0 Å². The lowest BCUT2D eigenvalue weighted by Crippen LogP contribution is -2.36. The second-order valence-electron chi connectivity index (χ2n) is 5.03. The first-order valence-electron chi connectivity index (χ1n) is 7.72. The minimum absolute atomic E-state index is 0. The number of nitrogens with zero attached hydrogens (tertiary/aromatic N) is 1. The van der Waals surface area contributed by atoms with Gasteiger partial charge in [-0.3, -0.25) is 4.79 Å². The molecule has 0 aliphatic rings. The lowest BCUT2D eigenvalue weighted by Gasteiger charge is -2.11. The van der Waals surface area contributed by atoms with Crippen molar-refractivity contribution in [2.45, 2.75) is 20.0 Å². The van der Waals surface area contributed by atoms with Crippen LogP contribution in [0.15, 0.2) is 46.8 Å². The maximum Gasteiger partial charge on any atom is 0.255 e. The molecule has 2 aromatic rings. The van der Waals surface area contributed by atoms with Crippen LogP contribution in [0.2, 0.25) is 0 Å². The van der Waals surface area contributed by atoms with E-state index in [4.69, 9.17) is 10.5 Å². The Hall–Kier alpha value is -1.81. The fourth-order valence-electron chi connectivity index (χ4n) is 1.98. The van der Waals surface area contributed by atoms with Gasteiger partial charge in [0.15, 0.2) is 12.6 Å². The number of nitrogens with one attached hydrogen (secondary N) is 2. The van der Waals surface area contributed by atoms with Gasteiger partial charge < -0.3 is 21.1 Å². The number of carbonyl (C=O) groups excluding carboxylic acids is 1. The number of rotatable bonds is 8. The molecular weight excluding hydrogens is 451 g/mol. The van der Waals surface area contributed by atoms with Crippen molar-refractivity contribution >= 4 is 47.2 Å². The summed E-state index contributed by atoms with van der Waals surface area (Å²) < 4.78 is 5.31. The summed E-state index contributed by atoms with van der Waals surface area (Å²) in [5.74, 6) is 0.873. The Balaban J connectivity index is 0.00000312. The van der Waals surface area contributed by atoms with Crippen LogP contribution in [0.5, 0.6) is 5.75 Å². The highest BCUT2D eigenvalue weighted by molar-refractivity contribution is 14.0. The summed E-state index contributed by atoms with van der Waals surface area (Å²) in [5, 5.41) is 8.58. The van der Waals surface area contributed by atoms with Gasteiger partial charge in [0.2, 0.25) is 0 Å². The van der Waals surface area contributed by atoms with Crippen LogP contribution in [0.25, 0.3) is 0 Å². The SMILES string of the molecule is CCNC(=NCc1cccc(OCC(N)=O)c1)NCc1cccs1.I. The van der Waals surface area contributed by atoms with E-state index < -0.39 is 5.91 Å². The Bertz CT molecular complexity index is 677. The van der Waals surface area contributed by atoms with Gasteiger partial charge >= 0.3 is 0 Å². The van der Waals surface area contributed by atoms with Crippen molar-refractivity contribution in [3.63, 3.8) is 0 Å². The van der Waals surface area contributed by atoms with E-state index in [2.05, 4.69) is 27.1 Å². The summed E-state index contributed by atoms with van der Waals surface area (Å²) in [6, 6.07) is 11.6. The Morgan fingerprint density at radius 1 is 1.28 bits per heavy atom. The van der Waals surface area contributed by atoms with Crippen LogP contribution in [0, 0.1) is 0 Å². The smallest absolute Gasteiger partial charge is 0.255 e. The molecule has 8 heteroatoms. The molecule has 1 aromatic heterocycles. The fourth-order valence-corrected chi connectivity index (χ4v) is 2.63. The average molecular weight is 474 g/mol. The zero-order valence-corrected chi connectivity index (χ0v) is 17.2. The number of hydrogen-bond acceptors (Lipinski definition) is 4. The molecule has 1 heterocycles. The van der Waals surface area contributed by atoms with E-state index in [1.807, 2.05) is 31.2 Å². The fraction of sp³-hybridized carbons (Fsp3) is 0.294. The van der Waals surface area contributed by atoms with Gasteiger partial charge in [0.05, 0.1) is 13.1 Å². The molecule has 0 fully saturated rings. The highest BCUT2D eigenvalue weighted by Crippen LogP contribution is 2.14. The van der Waals surface area contributed by atoms with E-state index in [0.717, 1.165) is 24.6 Å². The molecule has 6 nitrogen and oxygen atoms in total. The molecule has 0 saturated carbocycles. The van der Waals surface area contributed by atoms with Crippen molar-refractivity contribution in [2.24, 2.45) is 10.7 Å². The third kappa shape index (κ3) is 8.21. The summed E-state index contributed by atoms with van der Waals surface area (Å²) in [4.78, 5) is 16.6. The van der Waals surface area contributed by atoms with Gasteiger partial charge in [0, 0.05) is 11.4 Å². The normalized spacial score (nSPS) is 10.7. The Morgan fingerprint density at radius 3 is 2.80 bits per heavy atom. The third-order valence-corrected chi connectivity index (χ3v) is 3.93. The van der Waals surface area contributed by atoms with Gasteiger partial charge in [0.1, 0.15) is 5.75 Å². The van der Waals surface area contributed by atoms with Gasteiger partial charge in [-0.15, -0.1) is 35.3 Å². The largest absolute Gasteiger partial charge is 0.484 e. The molecule has 1 aromatic carbocycles. The number of halogens is 1. The number of amides is 1. The second kappa shape index (κ2) is 11.7. The molecule has 0 atom stereocenters. The molecule has 0 aliphatic heterocycles.